The van der Waals surface area contributed by atoms with E-state index in [1.165, 1.54) is 6.20 Å². The van der Waals surface area contributed by atoms with E-state index in [1.807, 2.05) is 30.3 Å². The van der Waals surface area contributed by atoms with Gasteiger partial charge in [-0.05, 0) is 18.2 Å². The lowest BCUT2D eigenvalue weighted by Gasteiger charge is -2.25. The van der Waals surface area contributed by atoms with Crippen LogP contribution in [0.2, 0.25) is 0 Å². The molecule has 24 heavy (non-hydrogen) atoms. The van der Waals surface area contributed by atoms with Crippen molar-refractivity contribution in [3.05, 3.63) is 54.1 Å². The Bertz CT molecular complexity index is 890. The van der Waals surface area contributed by atoms with E-state index >= 15 is 0 Å². The summed E-state index contributed by atoms with van der Waals surface area (Å²) in [5, 5.41) is 10.6. The van der Waals surface area contributed by atoms with Crippen LogP contribution in [0.25, 0.3) is 10.9 Å². The monoisotopic (exact) mass is 324 g/mol. The minimum atomic E-state index is -0.977. The molecule has 2 aromatic heterocycles. The minimum absolute atomic E-state index is 0.181. The molecule has 0 fully saturated rings. The van der Waals surface area contributed by atoms with Gasteiger partial charge in [-0.25, -0.2) is 14.8 Å². The number of hydrogen-bond donors (Lipinski definition) is 2. The molecule has 0 amide bonds. The molecule has 1 atom stereocenters. The summed E-state index contributed by atoms with van der Waals surface area (Å²) in [6, 6.07) is 10.5. The summed E-state index contributed by atoms with van der Waals surface area (Å²) < 4.78 is 0. The van der Waals surface area contributed by atoms with Gasteiger partial charge in [-0.15, -0.1) is 0 Å². The summed E-state index contributed by atoms with van der Waals surface area (Å²) in [7, 11) is 1.69. The first-order chi connectivity index (χ1) is 11.6. The van der Waals surface area contributed by atoms with Crippen LogP contribution in [0.1, 0.15) is 16.3 Å². The number of fused-ring (bicyclic) bond motifs is 1. The first-order valence-corrected chi connectivity index (χ1v) is 7.39. The number of nitrogens with one attached hydrogen (secondary N) is 1. The lowest BCUT2D eigenvalue weighted by atomic mass is 10.1. The SMILES string of the molecule is CN(c1ccc2ccccc2n1)[C@@H](Cc1cnc(C=O)[nH]1)C(=O)O. The Balaban J connectivity index is 1.88. The number of H-pyrrole nitrogens is 1. The fourth-order valence-corrected chi connectivity index (χ4v) is 2.55. The molecule has 1 aromatic carbocycles. The van der Waals surface area contributed by atoms with Crippen LogP contribution in [0.5, 0.6) is 0 Å². The van der Waals surface area contributed by atoms with E-state index in [2.05, 4.69) is 15.0 Å². The van der Waals surface area contributed by atoms with Crippen LogP contribution in [-0.4, -0.2) is 45.4 Å². The number of carboxylic acid groups (broad SMARTS) is 1. The number of carboxylic acids is 1. The molecule has 3 rings (SSSR count). The molecule has 0 aliphatic rings. The fourth-order valence-electron chi connectivity index (χ4n) is 2.55. The van der Waals surface area contributed by atoms with Gasteiger partial charge in [0.15, 0.2) is 12.1 Å². The molecule has 0 unspecified atom stereocenters. The van der Waals surface area contributed by atoms with Gasteiger partial charge in [0.25, 0.3) is 0 Å². The minimum Gasteiger partial charge on any atom is -0.480 e. The maximum Gasteiger partial charge on any atom is 0.326 e. The number of rotatable bonds is 6. The molecule has 3 aromatic rings. The van der Waals surface area contributed by atoms with E-state index in [4.69, 9.17) is 0 Å². The van der Waals surface area contributed by atoms with Crippen molar-refractivity contribution in [3.63, 3.8) is 0 Å². The van der Waals surface area contributed by atoms with Gasteiger partial charge >= 0.3 is 5.97 Å². The Hall–Kier alpha value is -3.22. The molecule has 0 spiro atoms. The predicted molar refractivity (Wildman–Crippen MR) is 89.2 cm³/mol. The van der Waals surface area contributed by atoms with Crippen LogP contribution in [0.3, 0.4) is 0 Å². The summed E-state index contributed by atoms with van der Waals surface area (Å²) >= 11 is 0. The summed E-state index contributed by atoms with van der Waals surface area (Å²) in [4.78, 5) is 35.2. The number of carbonyl (C=O) groups is 2. The third-order valence-corrected chi connectivity index (χ3v) is 3.87. The maximum absolute atomic E-state index is 11.7. The van der Waals surface area contributed by atoms with Gasteiger partial charge < -0.3 is 15.0 Å². The molecular formula is C17H16N4O3. The number of para-hydroxylation sites is 1. The van der Waals surface area contributed by atoms with Gasteiger partial charge in [-0.1, -0.05) is 18.2 Å². The fraction of sp³-hybridized carbons (Fsp3) is 0.176. The van der Waals surface area contributed by atoms with Crippen LogP contribution >= 0.6 is 0 Å². The Morgan fingerprint density at radius 3 is 2.83 bits per heavy atom. The molecule has 7 nitrogen and oxygen atoms in total. The number of aromatic amines is 1. The number of aldehydes is 1. The average Bonchev–Trinajstić information content (AvgIpc) is 3.06. The lowest BCUT2D eigenvalue weighted by Crippen LogP contribution is -2.40. The van der Waals surface area contributed by atoms with Crippen molar-refractivity contribution < 1.29 is 14.7 Å². The van der Waals surface area contributed by atoms with Crippen LogP contribution in [0.15, 0.2) is 42.6 Å². The molecule has 0 saturated carbocycles. The standard InChI is InChI=1S/C17H16N4O3/c1-21(16-7-6-11-4-2-3-5-13(11)20-16)14(17(23)24)8-12-9-18-15(10-22)19-12/h2-7,9-10,14H,8H2,1H3,(H,18,19)(H,23,24)/t14-/m0/s1. The molecule has 0 aliphatic heterocycles. The van der Waals surface area contributed by atoms with Crippen molar-refractivity contribution in [2.24, 2.45) is 0 Å². The second-order valence-corrected chi connectivity index (χ2v) is 5.44. The Labute approximate surface area is 138 Å². The van der Waals surface area contributed by atoms with Crippen molar-refractivity contribution in [2.45, 2.75) is 12.5 Å². The number of nitrogens with zero attached hydrogens (tertiary/aromatic N) is 3. The van der Waals surface area contributed by atoms with E-state index < -0.39 is 12.0 Å². The largest absolute Gasteiger partial charge is 0.480 e. The number of pyridine rings is 1. The predicted octanol–water partition coefficient (Wildman–Crippen LogP) is 1.90. The molecular weight excluding hydrogens is 308 g/mol. The maximum atomic E-state index is 11.7. The lowest BCUT2D eigenvalue weighted by molar-refractivity contribution is -0.138. The highest BCUT2D eigenvalue weighted by molar-refractivity contribution is 5.82. The van der Waals surface area contributed by atoms with Crippen molar-refractivity contribution in [1.29, 1.82) is 0 Å². The number of aliphatic carboxylic acids is 1. The highest BCUT2D eigenvalue weighted by atomic mass is 16.4. The van der Waals surface area contributed by atoms with E-state index in [0.29, 0.717) is 17.8 Å². The number of imidazole rings is 1. The van der Waals surface area contributed by atoms with Gasteiger partial charge in [0.05, 0.1) is 5.52 Å². The summed E-state index contributed by atoms with van der Waals surface area (Å²) in [5.41, 5.74) is 1.38. The number of aromatic nitrogens is 3. The quantitative estimate of drug-likeness (QED) is 0.672. The average molecular weight is 324 g/mol. The zero-order valence-electron chi connectivity index (χ0n) is 13.0. The van der Waals surface area contributed by atoms with Crippen molar-refractivity contribution in [3.8, 4) is 0 Å². The number of likely N-dealkylation sites (N-methyl/N-ethyl adjacent to an activating group) is 1. The van der Waals surface area contributed by atoms with Crippen LogP contribution in [-0.2, 0) is 11.2 Å². The van der Waals surface area contributed by atoms with Gasteiger partial charge in [-0.2, -0.15) is 0 Å². The summed E-state index contributed by atoms with van der Waals surface area (Å²) in [5.74, 6) is -0.230. The third kappa shape index (κ3) is 3.10. The first-order valence-electron chi connectivity index (χ1n) is 7.39. The van der Waals surface area contributed by atoms with Crippen molar-refractivity contribution >= 4 is 29.0 Å². The van der Waals surface area contributed by atoms with Crippen molar-refractivity contribution in [1.82, 2.24) is 15.0 Å². The van der Waals surface area contributed by atoms with Gasteiger partial charge in [0.1, 0.15) is 11.9 Å². The van der Waals surface area contributed by atoms with Crippen molar-refractivity contribution in [2.75, 3.05) is 11.9 Å². The van der Waals surface area contributed by atoms with Gasteiger partial charge in [0.2, 0.25) is 0 Å². The number of carbonyl (C=O) groups excluding carboxylic acids is 1. The number of benzene rings is 1. The second-order valence-electron chi connectivity index (χ2n) is 5.44. The van der Waals surface area contributed by atoms with E-state index in [1.54, 1.807) is 18.0 Å². The van der Waals surface area contributed by atoms with Crippen LogP contribution < -0.4 is 4.90 Å². The summed E-state index contributed by atoms with van der Waals surface area (Å²) in [6.07, 6.45) is 2.25. The smallest absolute Gasteiger partial charge is 0.326 e. The zero-order valence-corrected chi connectivity index (χ0v) is 13.0. The van der Waals surface area contributed by atoms with Crippen LogP contribution in [0, 0.1) is 0 Å². The van der Waals surface area contributed by atoms with Gasteiger partial charge in [-0.3, -0.25) is 4.79 Å². The highest BCUT2D eigenvalue weighted by Crippen LogP contribution is 2.20. The Morgan fingerprint density at radius 1 is 1.33 bits per heavy atom. The third-order valence-electron chi connectivity index (χ3n) is 3.87. The van der Waals surface area contributed by atoms with E-state index in [9.17, 15) is 14.7 Å². The molecule has 7 heteroatoms. The Kier molecular flexibility index (Phi) is 4.24. The first kappa shape index (κ1) is 15.7. The normalized spacial score (nSPS) is 12.0. The topological polar surface area (TPSA) is 99.2 Å². The molecule has 2 heterocycles. The zero-order chi connectivity index (χ0) is 17.1. The number of hydrogen-bond acceptors (Lipinski definition) is 5. The molecule has 122 valence electrons. The van der Waals surface area contributed by atoms with Crippen LogP contribution in [0.4, 0.5) is 5.82 Å². The molecule has 0 bridgehead atoms. The van der Waals surface area contributed by atoms with E-state index in [-0.39, 0.29) is 12.2 Å². The molecule has 0 aliphatic carbocycles. The second kappa shape index (κ2) is 6.49. The molecule has 2 N–H and O–H groups in total. The summed E-state index contributed by atoms with van der Waals surface area (Å²) in [6.45, 7) is 0. The van der Waals surface area contributed by atoms with Gasteiger partial charge in [0, 0.05) is 30.7 Å². The highest BCUT2D eigenvalue weighted by Gasteiger charge is 2.25. The Morgan fingerprint density at radius 2 is 2.12 bits per heavy atom. The van der Waals surface area contributed by atoms with E-state index in [0.717, 1.165) is 10.9 Å². The molecule has 0 saturated heterocycles. The number of anilines is 1. The molecule has 0 radical (unpaired) electrons.